The monoisotopic (exact) mass is 383 g/mol. The molecule has 3 rings (SSSR count). The summed E-state index contributed by atoms with van der Waals surface area (Å²) in [4.78, 5) is 18.8. The molecule has 1 aromatic heterocycles. The van der Waals surface area contributed by atoms with E-state index in [0.29, 0.717) is 6.54 Å². The molecule has 0 spiro atoms. The van der Waals surface area contributed by atoms with Crippen LogP contribution in [-0.2, 0) is 22.6 Å². The number of rotatable bonds is 6. The number of carbonyl (C=O) groups excluding carboxylic acids is 1. The molecule has 2 aromatic rings. The van der Waals surface area contributed by atoms with Gasteiger partial charge in [0, 0.05) is 32.0 Å². The van der Waals surface area contributed by atoms with E-state index in [1.165, 1.54) is 18.2 Å². The number of aliphatic imine (C=N–C) groups is 1. The van der Waals surface area contributed by atoms with Crippen LogP contribution in [0.3, 0.4) is 0 Å². The van der Waals surface area contributed by atoms with Gasteiger partial charge in [-0.05, 0) is 37.0 Å². The number of hydrogen-bond donors (Lipinski definition) is 1. The molecular weight excluding hydrogens is 354 g/mol. The third kappa shape index (κ3) is 5.34. The van der Waals surface area contributed by atoms with E-state index in [2.05, 4.69) is 46.5 Å². The topological polar surface area (TPSA) is 71.8 Å². The lowest BCUT2D eigenvalue weighted by molar-refractivity contribution is -0.146. The van der Waals surface area contributed by atoms with Gasteiger partial charge in [0.2, 0.25) is 0 Å². The minimum atomic E-state index is -0.101. The zero-order chi connectivity index (χ0) is 19.8. The van der Waals surface area contributed by atoms with E-state index >= 15 is 0 Å². The third-order valence-corrected chi connectivity index (χ3v) is 4.97. The Kier molecular flexibility index (Phi) is 7.06. The van der Waals surface area contributed by atoms with Crippen molar-refractivity contribution in [1.29, 1.82) is 0 Å². The highest BCUT2D eigenvalue weighted by atomic mass is 16.5. The molecule has 1 fully saturated rings. The first-order valence-electron chi connectivity index (χ1n) is 9.86. The summed E-state index contributed by atoms with van der Waals surface area (Å²) >= 11 is 0. The number of benzene rings is 1. The Morgan fingerprint density at radius 1 is 1.29 bits per heavy atom. The molecule has 0 unspecified atom stereocenters. The maximum Gasteiger partial charge on any atom is 0.308 e. The average Bonchev–Trinajstić information content (AvgIpc) is 3.24. The van der Waals surface area contributed by atoms with Gasteiger partial charge in [-0.2, -0.15) is 5.10 Å². The summed E-state index contributed by atoms with van der Waals surface area (Å²) in [6, 6.07) is 10.4. The molecule has 0 atom stereocenters. The molecule has 150 valence electrons. The molecule has 2 heterocycles. The van der Waals surface area contributed by atoms with Gasteiger partial charge in [0.15, 0.2) is 5.96 Å². The first kappa shape index (κ1) is 19.9. The molecule has 1 aliphatic heterocycles. The lowest BCUT2D eigenvalue weighted by atomic mass is 9.97. The molecule has 0 amide bonds. The fourth-order valence-corrected chi connectivity index (χ4v) is 3.49. The number of nitrogens with one attached hydrogen (secondary N) is 1. The van der Waals surface area contributed by atoms with Crippen LogP contribution in [0.15, 0.2) is 47.7 Å². The molecule has 1 N–H and O–H groups in total. The van der Waals surface area contributed by atoms with Crippen LogP contribution in [0.4, 0.5) is 0 Å². The summed E-state index contributed by atoms with van der Waals surface area (Å²) in [6.45, 7) is 5.88. The first-order valence-corrected chi connectivity index (χ1v) is 9.86. The number of guanidine groups is 1. The van der Waals surface area contributed by atoms with Crippen LogP contribution in [0.5, 0.6) is 0 Å². The number of methoxy groups -OCH3 is 1. The maximum absolute atomic E-state index is 11.7. The molecule has 1 aromatic carbocycles. The van der Waals surface area contributed by atoms with Crippen molar-refractivity contribution in [2.24, 2.45) is 10.9 Å². The summed E-state index contributed by atoms with van der Waals surface area (Å²) in [7, 11) is 1.46. The SMILES string of the molecule is CCNC(=NCc1cccc(Cn2cccn2)c1)N1CCC(C(=O)OC)CC1. The van der Waals surface area contributed by atoms with Gasteiger partial charge in [-0.15, -0.1) is 0 Å². The minimum Gasteiger partial charge on any atom is -0.469 e. The van der Waals surface area contributed by atoms with Crippen LogP contribution in [0.1, 0.15) is 30.9 Å². The van der Waals surface area contributed by atoms with Gasteiger partial charge >= 0.3 is 5.97 Å². The molecule has 7 heteroatoms. The number of likely N-dealkylation sites (tertiary alicyclic amines) is 1. The number of piperidine rings is 1. The molecule has 0 bridgehead atoms. The lowest BCUT2D eigenvalue weighted by Crippen LogP contribution is -2.46. The van der Waals surface area contributed by atoms with Crippen molar-refractivity contribution in [2.75, 3.05) is 26.7 Å². The summed E-state index contributed by atoms with van der Waals surface area (Å²) in [5.41, 5.74) is 2.38. The number of hydrogen-bond acceptors (Lipinski definition) is 4. The predicted molar refractivity (Wildman–Crippen MR) is 109 cm³/mol. The van der Waals surface area contributed by atoms with Crippen molar-refractivity contribution in [3.63, 3.8) is 0 Å². The van der Waals surface area contributed by atoms with Gasteiger partial charge in [-0.3, -0.25) is 9.48 Å². The van der Waals surface area contributed by atoms with Gasteiger partial charge in [0.25, 0.3) is 0 Å². The molecule has 28 heavy (non-hydrogen) atoms. The van der Waals surface area contributed by atoms with E-state index in [0.717, 1.165) is 45.0 Å². The quantitative estimate of drug-likeness (QED) is 0.471. The highest BCUT2D eigenvalue weighted by Crippen LogP contribution is 2.18. The Hall–Kier alpha value is -2.83. The summed E-state index contributed by atoms with van der Waals surface area (Å²) < 4.78 is 6.79. The normalized spacial score (nSPS) is 15.5. The van der Waals surface area contributed by atoms with Crippen molar-refractivity contribution >= 4 is 11.9 Å². The lowest BCUT2D eigenvalue weighted by Gasteiger charge is -2.33. The van der Waals surface area contributed by atoms with E-state index < -0.39 is 0 Å². The van der Waals surface area contributed by atoms with Gasteiger partial charge in [0.05, 0.1) is 26.1 Å². The highest BCUT2D eigenvalue weighted by Gasteiger charge is 2.26. The molecule has 0 saturated carbocycles. The average molecular weight is 383 g/mol. The van der Waals surface area contributed by atoms with Crippen LogP contribution >= 0.6 is 0 Å². The number of esters is 1. The summed E-state index contributed by atoms with van der Waals surface area (Å²) in [6.07, 6.45) is 5.36. The maximum atomic E-state index is 11.7. The van der Waals surface area contributed by atoms with E-state index in [1.807, 2.05) is 16.9 Å². The van der Waals surface area contributed by atoms with Crippen LogP contribution < -0.4 is 5.32 Å². The van der Waals surface area contributed by atoms with Crippen LogP contribution in [-0.4, -0.2) is 53.4 Å². The molecular formula is C21H29N5O2. The number of ether oxygens (including phenoxy) is 1. The van der Waals surface area contributed by atoms with Gasteiger partial charge < -0.3 is 15.0 Å². The summed E-state index contributed by atoms with van der Waals surface area (Å²) in [5.74, 6) is 0.807. The number of aromatic nitrogens is 2. The van der Waals surface area contributed by atoms with Crippen LogP contribution in [0.2, 0.25) is 0 Å². The molecule has 1 saturated heterocycles. The molecule has 7 nitrogen and oxygen atoms in total. The molecule has 1 aliphatic rings. The van der Waals surface area contributed by atoms with E-state index in [9.17, 15) is 4.79 Å². The standard InChI is InChI=1S/C21H29N5O2/c1-3-22-21(25-12-8-19(9-13-25)20(27)28-2)23-15-17-6-4-7-18(14-17)16-26-11-5-10-24-26/h4-7,10-11,14,19H,3,8-9,12-13,15-16H2,1-2H3,(H,22,23). The Bertz CT molecular complexity index is 780. The zero-order valence-electron chi connectivity index (χ0n) is 16.7. The first-order chi connectivity index (χ1) is 13.7. The van der Waals surface area contributed by atoms with Crippen molar-refractivity contribution < 1.29 is 9.53 Å². The second kappa shape index (κ2) is 9.92. The van der Waals surface area contributed by atoms with Crippen LogP contribution in [0, 0.1) is 5.92 Å². The Morgan fingerprint density at radius 3 is 2.75 bits per heavy atom. The van der Waals surface area contributed by atoms with Gasteiger partial charge in [0.1, 0.15) is 0 Å². The van der Waals surface area contributed by atoms with E-state index in [4.69, 9.17) is 9.73 Å². The van der Waals surface area contributed by atoms with Gasteiger partial charge in [-0.1, -0.05) is 24.3 Å². The zero-order valence-corrected chi connectivity index (χ0v) is 16.7. The van der Waals surface area contributed by atoms with Crippen molar-refractivity contribution in [3.05, 3.63) is 53.9 Å². The van der Waals surface area contributed by atoms with E-state index in [1.54, 1.807) is 6.20 Å². The predicted octanol–water partition coefficient (Wildman–Crippen LogP) is 2.28. The highest BCUT2D eigenvalue weighted by molar-refractivity contribution is 5.80. The van der Waals surface area contributed by atoms with Crippen molar-refractivity contribution in [2.45, 2.75) is 32.9 Å². The largest absolute Gasteiger partial charge is 0.469 e. The molecule has 0 radical (unpaired) electrons. The second-order valence-corrected chi connectivity index (χ2v) is 6.98. The third-order valence-electron chi connectivity index (χ3n) is 4.97. The Labute approximate surface area is 166 Å². The molecule has 0 aliphatic carbocycles. The number of carbonyl (C=O) groups is 1. The summed E-state index contributed by atoms with van der Waals surface area (Å²) in [5, 5.41) is 7.64. The smallest absolute Gasteiger partial charge is 0.308 e. The van der Waals surface area contributed by atoms with Crippen molar-refractivity contribution in [3.8, 4) is 0 Å². The fraction of sp³-hybridized carbons (Fsp3) is 0.476. The van der Waals surface area contributed by atoms with E-state index in [-0.39, 0.29) is 11.9 Å². The Balaban J connectivity index is 1.62. The van der Waals surface area contributed by atoms with Crippen LogP contribution in [0.25, 0.3) is 0 Å². The van der Waals surface area contributed by atoms with Crippen molar-refractivity contribution in [1.82, 2.24) is 20.0 Å². The number of nitrogens with zero attached hydrogens (tertiary/aromatic N) is 4. The Morgan fingerprint density at radius 2 is 2.07 bits per heavy atom. The minimum absolute atomic E-state index is 0.00287. The fourth-order valence-electron chi connectivity index (χ4n) is 3.49. The second-order valence-electron chi connectivity index (χ2n) is 6.98. The van der Waals surface area contributed by atoms with Gasteiger partial charge in [-0.25, -0.2) is 4.99 Å².